The lowest BCUT2D eigenvalue weighted by Gasteiger charge is -2.13. The van der Waals surface area contributed by atoms with E-state index in [1.807, 2.05) is 49.3 Å². The molecule has 0 amide bonds. The number of carbonyl (C=O) groups is 1. The van der Waals surface area contributed by atoms with Gasteiger partial charge in [-0.2, -0.15) is 0 Å². The molecular weight excluding hydrogens is 246 g/mol. The topological polar surface area (TPSA) is 20.3 Å². The lowest BCUT2D eigenvalue weighted by atomic mass is 10.0. The summed E-state index contributed by atoms with van der Waals surface area (Å²) in [5.41, 5.74) is 2.18. The van der Waals surface area contributed by atoms with Crippen molar-refractivity contribution in [2.24, 2.45) is 0 Å². The van der Waals surface area contributed by atoms with Gasteiger partial charge in [0.2, 0.25) is 0 Å². The molecule has 2 rings (SSSR count). The molecule has 0 saturated carbocycles. The first-order valence-electron chi connectivity index (χ1n) is 5.66. The SMILES string of the molecule is CN(C)c1cccc(C(=O)c2ccccc2Cl)c1. The van der Waals surface area contributed by atoms with E-state index in [0.717, 1.165) is 5.69 Å². The number of carbonyl (C=O) groups excluding carboxylic acids is 1. The molecule has 0 unspecified atom stereocenters. The van der Waals surface area contributed by atoms with Crippen LogP contribution in [0.25, 0.3) is 0 Å². The fourth-order valence-corrected chi connectivity index (χ4v) is 1.95. The zero-order valence-electron chi connectivity index (χ0n) is 10.4. The molecule has 18 heavy (non-hydrogen) atoms. The first-order valence-corrected chi connectivity index (χ1v) is 6.04. The second-order valence-corrected chi connectivity index (χ2v) is 4.66. The van der Waals surface area contributed by atoms with Crippen LogP contribution in [0.15, 0.2) is 48.5 Å². The summed E-state index contributed by atoms with van der Waals surface area (Å²) in [6, 6.07) is 14.6. The van der Waals surface area contributed by atoms with Gasteiger partial charge in [-0.3, -0.25) is 4.79 Å². The second-order valence-electron chi connectivity index (χ2n) is 4.25. The lowest BCUT2D eigenvalue weighted by molar-refractivity contribution is 0.103. The predicted octanol–water partition coefficient (Wildman–Crippen LogP) is 3.64. The second kappa shape index (κ2) is 5.23. The van der Waals surface area contributed by atoms with Crippen LogP contribution in [-0.2, 0) is 0 Å². The maximum Gasteiger partial charge on any atom is 0.194 e. The molecule has 92 valence electrons. The number of nitrogens with zero attached hydrogens (tertiary/aromatic N) is 1. The van der Waals surface area contributed by atoms with Gasteiger partial charge in [-0.05, 0) is 24.3 Å². The minimum absolute atomic E-state index is 0.0516. The van der Waals surface area contributed by atoms with Gasteiger partial charge in [-0.15, -0.1) is 0 Å². The van der Waals surface area contributed by atoms with Crippen molar-refractivity contribution in [2.45, 2.75) is 0 Å². The molecule has 0 heterocycles. The fourth-order valence-electron chi connectivity index (χ4n) is 1.73. The van der Waals surface area contributed by atoms with E-state index in [0.29, 0.717) is 16.1 Å². The van der Waals surface area contributed by atoms with Crippen LogP contribution < -0.4 is 4.90 Å². The zero-order valence-corrected chi connectivity index (χ0v) is 11.1. The van der Waals surface area contributed by atoms with Gasteiger partial charge in [0.05, 0.1) is 5.02 Å². The van der Waals surface area contributed by atoms with Gasteiger partial charge < -0.3 is 4.90 Å². The molecule has 0 aliphatic rings. The van der Waals surface area contributed by atoms with Crippen molar-refractivity contribution in [3.05, 3.63) is 64.7 Å². The number of ketones is 1. The van der Waals surface area contributed by atoms with E-state index in [-0.39, 0.29) is 5.78 Å². The zero-order chi connectivity index (χ0) is 13.1. The summed E-state index contributed by atoms with van der Waals surface area (Å²) in [6.45, 7) is 0. The summed E-state index contributed by atoms with van der Waals surface area (Å²) in [5.74, 6) is -0.0516. The highest BCUT2D eigenvalue weighted by Crippen LogP contribution is 2.21. The Kier molecular flexibility index (Phi) is 3.68. The Morgan fingerprint density at radius 2 is 1.78 bits per heavy atom. The van der Waals surface area contributed by atoms with Crippen LogP contribution in [0.3, 0.4) is 0 Å². The Balaban J connectivity index is 2.41. The highest BCUT2D eigenvalue weighted by atomic mass is 35.5. The summed E-state index contributed by atoms with van der Waals surface area (Å²) in [5, 5.41) is 0.484. The highest BCUT2D eigenvalue weighted by molar-refractivity contribution is 6.35. The molecule has 0 saturated heterocycles. The summed E-state index contributed by atoms with van der Waals surface area (Å²) in [6.07, 6.45) is 0. The Bertz CT molecular complexity index is 578. The van der Waals surface area contributed by atoms with Crippen LogP contribution in [0.2, 0.25) is 5.02 Å². The third-order valence-electron chi connectivity index (χ3n) is 2.74. The minimum Gasteiger partial charge on any atom is -0.378 e. The van der Waals surface area contributed by atoms with Gasteiger partial charge in [-0.1, -0.05) is 35.9 Å². The van der Waals surface area contributed by atoms with Gasteiger partial charge in [0.25, 0.3) is 0 Å². The average molecular weight is 260 g/mol. The van der Waals surface area contributed by atoms with Crippen molar-refractivity contribution in [1.82, 2.24) is 0 Å². The summed E-state index contributed by atoms with van der Waals surface area (Å²) >= 11 is 6.04. The van der Waals surface area contributed by atoms with E-state index in [4.69, 9.17) is 11.6 Å². The fraction of sp³-hybridized carbons (Fsp3) is 0.133. The molecule has 2 aromatic rings. The number of hydrogen-bond donors (Lipinski definition) is 0. The smallest absolute Gasteiger partial charge is 0.194 e. The van der Waals surface area contributed by atoms with Crippen molar-refractivity contribution >= 4 is 23.1 Å². The number of anilines is 1. The Hall–Kier alpha value is -1.80. The van der Waals surface area contributed by atoms with Gasteiger partial charge in [-0.25, -0.2) is 0 Å². The van der Waals surface area contributed by atoms with Crippen LogP contribution in [0, 0.1) is 0 Å². The van der Waals surface area contributed by atoms with Crippen LogP contribution in [0.5, 0.6) is 0 Å². The van der Waals surface area contributed by atoms with Gasteiger partial charge in [0.15, 0.2) is 5.78 Å². The Labute approximate surface area is 112 Å². The average Bonchev–Trinajstić information content (AvgIpc) is 2.38. The van der Waals surface area contributed by atoms with E-state index in [1.165, 1.54) is 0 Å². The number of halogens is 1. The van der Waals surface area contributed by atoms with Crippen molar-refractivity contribution < 1.29 is 4.79 Å². The molecule has 0 fully saturated rings. The molecule has 3 heteroatoms. The van der Waals surface area contributed by atoms with Crippen LogP contribution in [0.4, 0.5) is 5.69 Å². The Morgan fingerprint density at radius 1 is 1.06 bits per heavy atom. The third-order valence-corrected chi connectivity index (χ3v) is 3.07. The molecule has 2 nitrogen and oxygen atoms in total. The largest absolute Gasteiger partial charge is 0.378 e. The molecular formula is C15H14ClNO. The third kappa shape index (κ3) is 2.54. The molecule has 0 bridgehead atoms. The normalized spacial score (nSPS) is 10.2. The first-order chi connectivity index (χ1) is 8.59. The van der Waals surface area contributed by atoms with Crippen molar-refractivity contribution in [3.63, 3.8) is 0 Å². The molecule has 0 aliphatic carbocycles. The van der Waals surface area contributed by atoms with Crippen molar-refractivity contribution in [1.29, 1.82) is 0 Å². The molecule has 0 atom stereocenters. The van der Waals surface area contributed by atoms with E-state index >= 15 is 0 Å². The lowest BCUT2D eigenvalue weighted by Crippen LogP contribution is -2.10. The van der Waals surface area contributed by atoms with Gasteiger partial charge in [0.1, 0.15) is 0 Å². The number of hydrogen-bond acceptors (Lipinski definition) is 2. The predicted molar refractivity (Wildman–Crippen MR) is 75.7 cm³/mol. The molecule has 0 spiro atoms. The van der Waals surface area contributed by atoms with Crippen molar-refractivity contribution in [3.8, 4) is 0 Å². The van der Waals surface area contributed by atoms with E-state index in [1.54, 1.807) is 18.2 Å². The van der Waals surface area contributed by atoms with Gasteiger partial charge in [0, 0.05) is 30.9 Å². The molecule has 0 aliphatic heterocycles. The standard InChI is InChI=1S/C15H14ClNO/c1-17(2)12-7-5-6-11(10-12)15(18)13-8-3-4-9-14(13)16/h3-10H,1-2H3. The van der Waals surface area contributed by atoms with E-state index < -0.39 is 0 Å². The Morgan fingerprint density at radius 3 is 2.44 bits per heavy atom. The van der Waals surface area contributed by atoms with E-state index in [9.17, 15) is 4.79 Å². The van der Waals surface area contributed by atoms with Crippen molar-refractivity contribution in [2.75, 3.05) is 19.0 Å². The maximum absolute atomic E-state index is 12.3. The molecule has 0 aromatic heterocycles. The molecule has 2 aromatic carbocycles. The quantitative estimate of drug-likeness (QED) is 0.785. The maximum atomic E-state index is 12.3. The number of benzene rings is 2. The summed E-state index contributed by atoms with van der Waals surface area (Å²) in [7, 11) is 3.89. The van der Waals surface area contributed by atoms with E-state index in [2.05, 4.69) is 0 Å². The molecule has 0 radical (unpaired) electrons. The number of rotatable bonds is 3. The van der Waals surface area contributed by atoms with Crippen LogP contribution in [0.1, 0.15) is 15.9 Å². The summed E-state index contributed by atoms with van der Waals surface area (Å²) < 4.78 is 0. The molecule has 0 N–H and O–H groups in total. The van der Waals surface area contributed by atoms with Gasteiger partial charge >= 0.3 is 0 Å². The minimum atomic E-state index is -0.0516. The summed E-state index contributed by atoms with van der Waals surface area (Å²) in [4.78, 5) is 14.3. The van der Waals surface area contributed by atoms with Crippen LogP contribution >= 0.6 is 11.6 Å². The monoisotopic (exact) mass is 259 g/mol. The first kappa shape index (κ1) is 12.7. The highest BCUT2D eigenvalue weighted by Gasteiger charge is 2.12. The van der Waals surface area contributed by atoms with Crippen LogP contribution in [-0.4, -0.2) is 19.9 Å².